The maximum Gasteiger partial charge on any atom is 0.332 e. The molecule has 138 valence electrons. The van der Waals surface area contributed by atoms with E-state index in [2.05, 4.69) is 5.32 Å². The first-order chi connectivity index (χ1) is 13.1. The zero-order valence-electron chi connectivity index (χ0n) is 15.3. The molecular formula is C22H21NO4. The number of carbonyl (C=O) groups excluding carboxylic acids is 2. The van der Waals surface area contributed by atoms with E-state index in [9.17, 15) is 9.59 Å². The molecule has 5 heteroatoms. The molecule has 0 spiro atoms. The minimum Gasteiger partial charge on any atom is -0.463 e. The first kappa shape index (κ1) is 18.5. The van der Waals surface area contributed by atoms with Crippen LogP contribution >= 0.6 is 0 Å². The van der Waals surface area contributed by atoms with Crippen LogP contribution in [0.2, 0.25) is 0 Å². The van der Waals surface area contributed by atoms with Crippen molar-refractivity contribution < 1.29 is 19.1 Å². The second-order valence-corrected chi connectivity index (χ2v) is 5.84. The van der Waals surface area contributed by atoms with Gasteiger partial charge in [-0.2, -0.15) is 0 Å². The van der Waals surface area contributed by atoms with Crippen molar-refractivity contribution in [2.24, 2.45) is 0 Å². The third-order valence-electron chi connectivity index (χ3n) is 4.09. The lowest BCUT2D eigenvalue weighted by Gasteiger charge is -2.12. The quantitative estimate of drug-likeness (QED) is 0.662. The van der Waals surface area contributed by atoms with Crippen LogP contribution in [0, 0.1) is 0 Å². The Labute approximate surface area is 158 Å². The Bertz CT molecular complexity index is 852. The molecule has 0 aromatic heterocycles. The Morgan fingerprint density at radius 3 is 1.48 bits per heavy atom. The highest BCUT2D eigenvalue weighted by Crippen LogP contribution is 2.37. The van der Waals surface area contributed by atoms with Crippen molar-refractivity contribution in [3.05, 3.63) is 71.8 Å². The molecule has 0 saturated heterocycles. The Hall–Kier alpha value is -3.34. The highest BCUT2D eigenvalue weighted by atomic mass is 16.5. The Morgan fingerprint density at radius 2 is 1.11 bits per heavy atom. The zero-order chi connectivity index (χ0) is 19.2. The summed E-state index contributed by atoms with van der Waals surface area (Å²) in [4.78, 5) is 24.2. The first-order valence-electron chi connectivity index (χ1n) is 8.87. The molecule has 0 bridgehead atoms. The molecule has 1 aliphatic rings. The van der Waals surface area contributed by atoms with Gasteiger partial charge in [-0.05, 0) is 25.0 Å². The number of esters is 2. The lowest BCUT2D eigenvalue weighted by atomic mass is 9.95. The van der Waals surface area contributed by atoms with Gasteiger partial charge < -0.3 is 14.8 Å². The summed E-state index contributed by atoms with van der Waals surface area (Å²) in [6, 6.07) is 15.5. The van der Waals surface area contributed by atoms with Crippen LogP contribution in [0.15, 0.2) is 60.7 Å². The van der Waals surface area contributed by atoms with Crippen molar-refractivity contribution in [1.29, 1.82) is 0 Å². The van der Waals surface area contributed by atoms with Crippen LogP contribution in [0.3, 0.4) is 0 Å². The number of nitrogens with one attached hydrogen (secondary N) is 1. The monoisotopic (exact) mass is 363 g/mol. The van der Waals surface area contributed by atoms with Crippen molar-refractivity contribution in [2.75, 3.05) is 13.2 Å². The topological polar surface area (TPSA) is 64.6 Å². The molecular weight excluding hydrogens is 342 g/mol. The second kappa shape index (κ2) is 8.36. The fourth-order valence-electron chi connectivity index (χ4n) is 3.02. The molecule has 0 amide bonds. The molecule has 3 rings (SSSR count). The summed E-state index contributed by atoms with van der Waals surface area (Å²) in [7, 11) is 0. The average Bonchev–Trinajstić information content (AvgIpc) is 2.79. The number of fused-ring (bicyclic) bond motifs is 3. The van der Waals surface area contributed by atoms with Gasteiger partial charge >= 0.3 is 11.9 Å². The van der Waals surface area contributed by atoms with Crippen molar-refractivity contribution in [3.63, 3.8) is 0 Å². The van der Waals surface area contributed by atoms with E-state index in [1.165, 1.54) is 12.2 Å². The SMILES string of the molecule is CCOC(=O)/C=C1\N/C(=C\C(=O)OCC)c2ccccc2-c2ccccc21. The first-order valence-corrected chi connectivity index (χ1v) is 8.87. The van der Waals surface area contributed by atoms with E-state index in [1.807, 2.05) is 48.5 Å². The summed E-state index contributed by atoms with van der Waals surface area (Å²) in [6.07, 6.45) is 2.82. The molecule has 2 aromatic rings. The number of ether oxygens (including phenoxy) is 2. The molecule has 1 aliphatic heterocycles. The smallest absolute Gasteiger partial charge is 0.332 e. The van der Waals surface area contributed by atoms with Crippen LogP contribution in [0.5, 0.6) is 0 Å². The summed E-state index contributed by atoms with van der Waals surface area (Å²) >= 11 is 0. The predicted molar refractivity (Wildman–Crippen MR) is 104 cm³/mol. The largest absolute Gasteiger partial charge is 0.463 e. The van der Waals surface area contributed by atoms with Gasteiger partial charge in [-0.25, -0.2) is 9.59 Å². The summed E-state index contributed by atoms with van der Waals surface area (Å²) in [5, 5.41) is 3.23. The van der Waals surface area contributed by atoms with Gasteiger partial charge in [0, 0.05) is 23.3 Å². The number of hydrogen-bond acceptors (Lipinski definition) is 5. The van der Waals surface area contributed by atoms with Gasteiger partial charge in [0.25, 0.3) is 0 Å². The molecule has 0 atom stereocenters. The van der Waals surface area contributed by atoms with Crippen LogP contribution in [0.4, 0.5) is 0 Å². The summed E-state index contributed by atoms with van der Waals surface area (Å²) in [6.45, 7) is 4.09. The van der Waals surface area contributed by atoms with E-state index < -0.39 is 11.9 Å². The maximum atomic E-state index is 12.1. The van der Waals surface area contributed by atoms with E-state index in [4.69, 9.17) is 9.47 Å². The van der Waals surface area contributed by atoms with Crippen LogP contribution in [-0.4, -0.2) is 25.2 Å². The third kappa shape index (κ3) is 4.08. The molecule has 0 radical (unpaired) electrons. The molecule has 0 aliphatic carbocycles. The number of carbonyl (C=O) groups is 2. The van der Waals surface area contributed by atoms with Gasteiger partial charge in [0.2, 0.25) is 0 Å². The fourth-order valence-corrected chi connectivity index (χ4v) is 3.02. The Morgan fingerprint density at radius 1 is 0.741 bits per heavy atom. The summed E-state index contributed by atoms with van der Waals surface area (Å²) < 4.78 is 10.1. The molecule has 2 aromatic carbocycles. The van der Waals surface area contributed by atoms with E-state index in [1.54, 1.807) is 13.8 Å². The van der Waals surface area contributed by atoms with E-state index in [0.717, 1.165) is 22.3 Å². The predicted octanol–water partition coefficient (Wildman–Crippen LogP) is 3.76. The van der Waals surface area contributed by atoms with Crippen LogP contribution in [0.1, 0.15) is 25.0 Å². The van der Waals surface area contributed by atoms with Gasteiger partial charge in [-0.3, -0.25) is 0 Å². The highest BCUT2D eigenvalue weighted by Gasteiger charge is 2.21. The number of rotatable bonds is 4. The lowest BCUT2D eigenvalue weighted by molar-refractivity contribution is -0.138. The molecule has 1 heterocycles. The second-order valence-electron chi connectivity index (χ2n) is 5.84. The molecule has 5 nitrogen and oxygen atoms in total. The minimum absolute atomic E-state index is 0.288. The standard InChI is InChI=1S/C22H21NO4/c1-3-26-21(24)13-19-17-11-7-5-9-15(17)16-10-6-8-12-18(16)20(23-19)14-22(25)27-4-2/h5-14,23H,3-4H2,1-2H3/b19-13-,20-14-. The molecule has 27 heavy (non-hydrogen) atoms. The number of benzene rings is 2. The highest BCUT2D eigenvalue weighted by molar-refractivity contribution is 6.02. The lowest BCUT2D eigenvalue weighted by Crippen LogP contribution is -2.14. The van der Waals surface area contributed by atoms with Gasteiger partial charge in [0.15, 0.2) is 0 Å². The van der Waals surface area contributed by atoms with Crippen molar-refractivity contribution in [3.8, 4) is 11.1 Å². The fraction of sp³-hybridized carbons (Fsp3) is 0.182. The normalized spacial score (nSPS) is 15.3. The van der Waals surface area contributed by atoms with Gasteiger partial charge in [0.05, 0.1) is 24.6 Å². The van der Waals surface area contributed by atoms with Crippen molar-refractivity contribution in [1.82, 2.24) is 5.32 Å². The average molecular weight is 363 g/mol. The minimum atomic E-state index is -0.448. The van der Waals surface area contributed by atoms with Gasteiger partial charge in [-0.15, -0.1) is 0 Å². The van der Waals surface area contributed by atoms with E-state index in [-0.39, 0.29) is 13.2 Å². The van der Waals surface area contributed by atoms with Crippen molar-refractivity contribution in [2.45, 2.75) is 13.8 Å². The third-order valence-corrected chi connectivity index (χ3v) is 4.09. The van der Waals surface area contributed by atoms with E-state index in [0.29, 0.717) is 11.4 Å². The summed E-state index contributed by atoms with van der Waals surface area (Å²) in [5.41, 5.74) is 4.76. The maximum absolute atomic E-state index is 12.1. The van der Waals surface area contributed by atoms with E-state index >= 15 is 0 Å². The number of hydrogen-bond donors (Lipinski definition) is 1. The molecule has 1 N–H and O–H groups in total. The van der Waals surface area contributed by atoms with Crippen LogP contribution in [-0.2, 0) is 19.1 Å². The van der Waals surface area contributed by atoms with Gasteiger partial charge in [0.1, 0.15) is 0 Å². The molecule has 0 fully saturated rings. The van der Waals surface area contributed by atoms with Crippen LogP contribution in [0.25, 0.3) is 22.5 Å². The van der Waals surface area contributed by atoms with Gasteiger partial charge in [-0.1, -0.05) is 48.5 Å². The van der Waals surface area contributed by atoms with Crippen LogP contribution < -0.4 is 5.32 Å². The zero-order valence-corrected chi connectivity index (χ0v) is 15.3. The van der Waals surface area contributed by atoms with Crippen molar-refractivity contribution >= 4 is 23.3 Å². The Kier molecular flexibility index (Phi) is 5.71. The summed E-state index contributed by atoms with van der Waals surface area (Å²) in [5.74, 6) is -0.896. The Balaban J connectivity index is 2.19. The molecule has 0 unspecified atom stereocenters. The molecule has 0 saturated carbocycles.